The van der Waals surface area contributed by atoms with Crippen LogP contribution in [0, 0.1) is 30.9 Å². The third kappa shape index (κ3) is 4.08. The number of carbonyl (C=O) groups is 1. The molecule has 0 unspecified atom stereocenters. The Morgan fingerprint density at radius 2 is 2.03 bits per heavy atom. The van der Waals surface area contributed by atoms with Crippen LogP contribution in [0.15, 0.2) is 28.9 Å². The maximum atomic E-state index is 12.2. The number of hydrogen-bond donors (Lipinski definition) is 0. The van der Waals surface area contributed by atoms with E-state index in [0.29, 0.717) is 11.6 Å². The van der Waals surface area contributed by atoms with E-state index in [0.717, 1.165) is 23.1 Å². The molecule has 150 valence electrons. The average Bonchev–Trinajstić information content (AvgIpc) is 3.22. The van der Waals surface area contributed by atoms with Crippen LogP contribution in [-0.2, 0) is 4.74 Å². The summed E-state index contributed by atoms with van der Waals surface area (Å²) in [5.41, 5.74) is 2.82. The summed E-state index contributed by atoms with van der Waals surface area (Å²) in [6, 6.07) is 4.97. The van der Waals surface area contributed by atoms with Gasteiger partial charge in [-0.15, -0.1) is 0 Å². The number of nitro groups is 1. The highest BCUT2D eigenvalue weighted by Gasteiger charge is 2.18. The van der Waals surface area contributed by atoms with Gasteiger partial charge in [-0.3, -0.25) is 14.7 Å². The summed E-state index contributed by atoms with van der Waals surface area (Å²) in [4.78, 5) is 26.7. The van der Waals surface area contributed by atoms with Crippen LogP contribution < -0.4 is 0 Å². The zero-order valence-corrected chi connectivity index (χ0v) is 16.5. The normalized spacial score (nSPS) is 11.2. The summed E-state index contributed by atoms with van der Waals surface area (Å²) < 4.78 is 12.1. The standard InChI is InChI=1S/C20H20N4O5/c1-5-28-20(25)17-10-16(24(26)27)11-21-18(17)7-6-15-8-12(2)23(14(15)4)19-9-13(3)29-22-19/h6-11H,5H2,1-4H3/b7-6+. The molecule has 0 saturated carbocycles. The van der Waals surface area contributed by atoms with Crippen molar-refractivity contribution >= 4 is 23.8 Å². The Bertz CT molecular complexity index is 1110. The first-order valence-electron chi connectivity index (χ1n) is 8.94. The molecule has 29 heavy (non-hydrogen) atoms. The number of pyridine rings is 1. The van der Waals surface area contributed by atoms with E-state index in [-0.39, 0.29) is 23.6 Å². The lowest BCUT2D eigenvalue weighted by Crippen LogP contribution is -2.08. The van der Waals surface area contributed by atoms with Crippen LogP contribution in [0.5, 0.6) is 0 Å². The van der Waals surface area contributed by atoms with E-state index in [1.807, 2.05) is 37.5 Å². The number of nitrogens with zero attached hydrogens (tertiary/aromatic N) is 4. The molecule has 3 aromatic rings. The van der Waals surface area contributed by atoms with Gasteiger partial charge in [-0.25, -0.2) is 9.78 Å². The summed E-state index contributed by atoms with van der Waals surface area (Å²) >= 11 is 0. The van der Waals surface area contributed by atoms with Gasteiger partial charge < -0.3 is 9.26 Å². The summed E-state index contributed by atoms with van der Waals surface area (Å²) in [6.45, 7) is 7.53. The van der Waals surface area contributed by atoms with E-state index < -0.39 is 10.9 Å². The number of aryl methyl sites for hydroxylation is 2. The Balaban J connectivity index is 2.00. The van der Waals surface area contributed by atoms with Gasteiger partial charge in [-0.1, -0.05) is 11.2 Å². The van der Waals surface area contributed by atoms with Gasteiger partial charge in [0, 0.05) is 23.5 Å². The van der Waals surface area contributed by atoms with Gasteiger partial charge in [0.05, 0.1) is 22.8 Å². The number of ether oxygens (including phenoxy) is 1. The van der Waals surface area contributed by atoms with Crippen molar-refractivity contribution < 1.29 is 19.0 Å². The minimum Gasteiger partial charge on any atom is -0.462 e. The van der Waals surface area contributed by atoms with E-state index in [2.05, 4.69) is 10.1 Å². The minimum atomic E-state index is -0.660. The van der Waals surface area contributed by atoms with Crippen molar-refractivity contribution in [3.05, 3.63) is 68.5 Å². The quantitative estimate of drug-likeness (QED) is 0.351. The van der Waals surface area contributed by atoms with Gasteiger partial charge >= 0.3 is 5.97 Å². The van der Waals surface area contributed by atoms with Crippen molar-refractivity contribution in [1.29, 1.82) is 0 Å². The molecule has 0 aliphatic heterocycles. The van der Waals surface area contributed by atoms with Crippen molar-refractivity contribution in [3.8, 4) is 5.82 Å². The van der Waals surface area contributed by atoms with Gasteiger partial charge in [0.2, 0.25) is 0 Å². The second kappa shape index (κ2) is 8.09. The summed E-state index contributed by atoms with van der Waals surface area (Å²) in [7, 11) is 0. The SMILES string of the molecule is CCOC(=O)c1cc([N+](=O)[O-])cnc1/C=C/c1cc(C)n(-c2cc(C)on2)c1C. The molecule has 0 aliphatic carbocycles. The van der Waals surface area contributed by atoms with E-state index in [9.17, 15) is 14.9 Å². The molecule has 0 N–H and O–H groups in total. The molecule has 0 amide bonds. The predicted octanol–water partition coefficient (Wildman–Crippen LogP) is 4.04. The topological polar surface area (TPSA) is 113 Å². The summed E-state index contributed by atoms with van der Waals surface area (Å²) in [5, 5.41) is 15.1. The molecule has 3 heterocycles. The monoisotopic (exact) mass is 396 g/mol. The molecule has 9 heteroatoms. The highest BCUT2D eigenvalue weighted by Crippen LogP contribution is 2.24. The largest absolute Gasteiger partial charge is 0.462 e. The van der Waals surface area contributed by atoms with Crippen molar-refractivity contribution in [1.82, 2.24) is 14.7 Å². The average molecular weight is 396 g/mol. The zero-order chi connectivity index (χ0) is 21.1. The highest BCUT2D eigenvalue weighted by atomic mass is 16.6. The Kier molecular flexibility index (Phi) is 5.58. The molecule has 0 aromatic carbocycles. The van der Waals surface area contributed by atoms with E-state index in [1.54, 1.807) is 19.1 Å². The van der Waals surface area contributed by atoms with Gasteiger partial charge in [0.25, 0.3) is 5.69 Å². The van der Waals surface area contributed by atoms with Crippen molar-refractivity contribution in [3.63, 3.8) is 0 Å². The molecular formula is C20H20N4O5. The number of aromatic nitrogens is 3. The minimum absolute atomic E-state index is 0.0400. The molecule has 0 radical (unpaired) electrons. The van der Waals surface area contributed by atoms with Crippen LogP contribution in [0.1, 0.15) is 45.7 Å². The lowest BCUT2D eigenvalue weighted by Gasteiger charge is -2.05. The molecular weight excluding hydrogens is 376 g/mol. The fraction of sp³-hybridized carbons (Fsp3) is 0.250. The van der Waals surface area contributed by atoms with E-state index in [1.165, 1.54) is 6.07 Å². The maximum Gasteiger partial charge on any atom is 0.340 e. The molecule has 3 rings (SSSR count). The first-order valence-corrected chi connectivity index (χ1v) is 8.94. The molecule has 0 spiro atoms. The zero-order valence-electron chi connectivity index (χ0n) is 16.5. The second-order valence-electron chi connectivity index (χ2n) is 6.39. The number of rotatable bonds is 6. The Morgan fingerprint density at radius 3 is 2.66 bits per heavy atom. The Morgan fingerprint density at radius 1 is 1.28 bits per heavy atom. The smallest absolute Gasteiger partial charge is 0.340 e. The molecule has 0 aliphatic rings. The molecule has 0 saturated heterocycles. The van der Waals surface area contributed by atoms with Gasteiger partial charge in [-0.2, -0.15) is 0 Å². The van der Waals surface area contributed by atoms with Gasteiger partial charge in [0.15, 0.2) is 5.82 Å². The molecule has 3 aromatic heterocycles. The van der Waals surface area contributed by atoms with Crippen LogP contribution in [0.3, 0.4) is 0 Å². The molecule has 9 nitrogen and oxygen atoms in total. The third-order valence-electron chi connectivity index (χ3n) is 4.35. The number of esters is 1. The lowest BCUT2D eigenvalue weighted by atomic mass is 10.1. The number of hydrogen-bond acceptors (Lipinski definition) is 7. The fourth-order valence-electron chi connectivity index (χ4n) is 3.01. The van der Waals surface area contributed by atoms with Crippen LogP contribution in [0.25, 0.3) is 18.0 Å². The molecule has 0 fully saturated rings. The van der Waals surface area contributed by atoms with Crippen LogP contribution >= 0.6 is 0 Å². The van der Waals surface area contributed by atoms with Gasteiger partial charge in [-0.05, 0) is 45.4 Å². The summed E-state index contributed by atoms with van der Waals surface area (Å²) in [6.07, 6.45) is 4.54. The second-order valence-corrected chi connectivity index (χ2v) is 6.39. The third-order valence-corrected chi connectivity index (χ3v) is 4.35. The van der Waals surface area contributed by atoms with Crippen molar-refractivity contribution in [2.75, 3.05) is 6.61 Å². The number of carbonyl (C=O) groups excluding carboxylic acids is 1. The van der Waals surface area contributed by atoms with Crippen LogP contribution in [-0.4, -0.2) is 32.2 Å². The summed E-state index contributed by atoms with van der Waals surface area (Å²) in [5.74, 6) is 0.725. The Hall–Kier alpha value is -3.75. The van der Waals surface area contributed by atoms with Crippen molar-refractivity contribution in [2.24, 2.45) is 0 Å². The molecule has 0 bridgehead atoms. The fourth-order valence-corrected chi connectivity index (χ4v) is 3.01. The predicted molar refractivity (Wildman–Crippen MR) is 106 cm³/mol. The first kappa shape index (κ1) is 20.0. The highest BCUT2D eigenvalue weighted by molar-refractivity contribution is 5.94. The maximum absolute atomic E-state index is 12.2. The van der Waals surface area contributed by atoms with Crippen LogP contribution in [0.4, 0.5) is 5.69 Å². The molecule has 0 atom stereocenters. The lowest BCUT2D eigenvalue weighted by molar-refractivity contribution is -0.385. The van der Waals surface area contributed by atoms with E-state index >= 15 is 0 Å². The first-order chi connectivity index (χ1) is 13.8. The van der Waals surface area contributed by atoms with Crippen LogP contribution in [0.2, 0.25) is 0 Å². The Labute approximate surface area is 166 Å². The van der Waals surface area contributed by atoms with Gasteiger partial charge in [0.1, 0.15) is 12.0 Å². The van der Waals surface area contributed by atoms with E-state index in [4.69, 9.17) is 9.26 Å². The van der Waals surface area contributed by atoms with Crippen molar-refractivity contribution in [2.45, 2.75) is 27.7 Å².